The molecule has 1 aromatic rings. The van der Waals surface area contributed by atoms with Crippen LogP contribution in [0.15, 0.2) is 0 Å². The first-order valence-corrected chi connectivity index (χ1v) is 7.33. The van der Waals surface area contributed by atoms with Crippen LogP contribution in [0.4, 0.5) is 0 Å². The van der Waals surface area contributed by atoms with E-state index in [0.29, 0.717) is 12.1 Å². The fourth-order valence-electron chi connectivity index (χ4n) is 1.97. The fraction of sp³-hybridized carbons (Fsp3) is 0.714. The Morgan fingerprint density at radius 2 is 1.95 bits per heavy atom. The number of rotatable bonds is 7. The maximum atomic E-state index is 12.1. The second-order valence-electron chi connectivity index (χ2n) is 5.14. The third kappa shape index (κ3) is 4.27. The molecule has 1 atom stereocenters. The molecule has 21 heavy (non-hydrogen) atoms. The van der Waals surface area contributed by atoms with Gasteiger partial charge in [-0.3, -0.25) is 4.79 Å². The highest BCUT2D eigenvalue weighted by atomic mass is 16.5. The summed E-state index contributed by atoms with van der Waals surface area (Å²) in [6, 6.07) is -0.479. The summed E-state index contributed by atoms with van der Waals surface area (Å²) in [6.07, 6.45) is 1.43. The van der Waals surface area contributed by atoms with Crippen molar-refractivity contribution in [2.45, 2.75) is 59.5 Å². The molecule has 1 N–H and O–H groups in total. The number of ether oxygens (including phenoxy) is 1. The molecule has 1 rings (SSSR count). The van der Waals surface area contributed by atoms with E-state index in [9.17, 15) is 9.59 Å². The number of esters is 1. The molecule has 0 spiro atoms. The lowest BCUT2D eigenvalue weighted by atomic mass is 10.2. The van der Waals surface area contributed by atoms with Crippen LogP contribution >= 0.6 is 0 Å². The van der Waals surface area contributed by atoms with Crippen molar-refractivity contribution in [2.75, 3.05) is 6.61 Å². The number of nitrogens with zero attached hydrogens (tertiary/aromatic N) is 3. The summed E-state index contributed by atoms with van der Waals surface area (Å²) in [4.78, 5) is 24.0. The van der Waals surface area contributed by atoms with Crippen LogP contribution in [0.1, 0.15) is 63.3 Å². The molecule has 7 heteroatoms. The van der Waals surface area contributed by atoms with Crippen LogP contribution in [0, 0.1) is 0 Å². The number of carbonyl (C=O) groups is 2. The van der Waals surface area contributed by atoms with Gasteiger partial charge < -0.3 is 10.1 Å². The number of carbonyl (C=O) groups excluding carboxylic acids is 2. The minimum Gasteiger partial charge on any atom is -0.461 e. The first-order valence-electron chi connectivity index (χ1n) is 7.33. The predicted octanol–water partition coefficient (Wildman–Crippen LogP) is 1.49. The highest BCUT2D eigenvalue weighted by Gasteiger charge is 2.25. The average Bonchev–Trinajstić information content (AvgIpc) is 2.81. The van der Waals surface area contributed by atoms with Gasteiger partial charge in [0.25, 0.3) is 0 Å². The molecule has 0 saturated carbocycles. The molecule has 1 aromatic heterocycles. The van der Waals surface area contributed by atoms with E-state index >= 15 is 0 Å². The number of nitrogens with one attached hydrogen (secondary N) is 1. The first-order chi connectivity index (χ1) is 9.92. The van der Waals surface area contributed by atoms with E-state index in [1.165, 1.54) is 4.68 Å². The van der Waals surface area contributed by atoms with Gasteiger partial charge in [0.15, 0.2) is 5.69 Å². The number of hydrogen-bond donors (Lipinski definition) is 1. The van der Waals surface area contributed by atoms with Crippen molar-refractivity contribution < 1.29 is 14.3 Å². The molecule has 1 amide bonds. The number of hydrogen-bond acceptors (Lipinski definition) is 5. The molecule has 118 valence electrons. The van der Waals surface area contributed by atoms with Gasteiger partial charge in [0.05, 0.1) is 12.3 Å². The predicted molar refractivity (Wildman–Crippen MR) is 78.0 cm³/mol. The van der Waals surface area contributed by atoms with Crippen molar-refractivity contribution >= 4 is 11.9 Å². The van der Waals surface area contributed by atoms with Crippen LogP contribution in [0.5, 0.6) is 0 Å². The van der Waals surface area contributed by atoms with Crippen molar-refractivity contribution in [3.63, 3.8) is 0 Å². The Hall–Kier alpha value is -1.92. The Balaban J connectivity index is 3.06. The van der Waals surface area contributed by atoms with Crippen molar-refractivity contribution in [2.24, 2.45) is 0 Å². The summed E-state index contributed by atoms with van der Waals surface area (Å²) in [5, 5.41) is 10.7. The molecule has 0 aliphatic heterocycles. The molecule has 0 aliphatic carbocycles. The second kappa shape index (κ2) is 7.75. The van der Waals surface area contributed by atoms with Crippen LogP contribution < -0.4 is 5.32 Å². The zero-order valence-electron chi connectivity index (χ0n) is 13.3. The molecular formula is C14H24N4O3. The van der Waals surface area contributed by atoms with Crippen molar-refractivity contribution in [3.8, 4) is 0 Å². The van der Waals surface area contributed by atoms with Crippen LogP contribution in [0.3, 0.4) is 0 Å². The minimum atomic E-state index is -0.523. The van der Waals surface area contributed by atoms with E-state index < -0.39 is 12.0 Å². The van der Waals surface area contributed by atoms with Gasteiger partial charge in [0, 0.05) is 6.04 Å². The van der Waals surface area contributed by atoms with E-state index in [2.05, 4.69) is 15.6 Å². The summed E-state index contributed by atoms with van der Waals surface area (Å²) in [7, 11) is 0. The Labute approximate surface area is 125 Å². The SMILES string of the molecule is CCCc1c(C(=O)OCC)nnn1C(C)C(=O)NC(C)C. The number of amides is 1. The zero-order chi connectivity index (χ0) is 16.0. The Kier molecular flexibility index (Phi) is 6.33. The van der Waals surface area contributed by atoms with E-state index in [1.807, 2.05) is 20.8 Å². The molecule has 1 heterocycles. The quantitative estimate of drug-likeness (QED) is 0.770. The van der Waals surface area contributed by atoms with Gasteiger partial charge in [0.1, 0.15) is 6.04 Å². The average molecular weight is 296 g/mol. The Morgan fingerprint density at radius 1 is 1.29 bits per heavy atom. The summed E-state index contributed by atoms with van der Waals surface area (Å²) in [6.45, 7) is 9.53. The standard InChI is InChI=1S/C14H24N4O3/c1-6-8-11-12(14(20)21-7-2)16-17-18(11)10(5)13(19)15-9(3)4/h9-10H,6-8H2,1-5H3,(H,15,19). The molecule has 0 aromatic carbocycles. The largest absolute Gasteiger partial charge is 0.461 e. The van der Waals surface area contributed by atoms with Crippen LogP contribution in [0.2, 0.25) is 0 Å². The van der Waals surface area contributed by atoms with Gasteiger partial charge in [0.2, 0.25) is 5.91 Å². The van der Waals surface area contributed by atoms with Crippen LogP contribution in [-0.4, -0.2) is 39.5 Å². The fourth-order valence-corrected chi connectivity index (χ4v) is 1.97. The molecule has 0 radical (unpaired) electrons. The molecule has 7 nitrogen and oxygen atoms in total. The minimum absolute atomic E-state index is 0.0441. The highest BCUT2D eigenvalue weighted by Crippen LogP contribution is 2.15. The topological polar surface area (TPSA) is 86.1 Å². The van der Waals surface area contributed by atoms with Gasteiger partial charge in [-0.15, -0.1) is 5.10 Å². The van der Waals surface area contributed by atoms with E-state index in [-0.39, 0.29) is 24.2 Å². The second-order valence-corrected chi connectivity index (χ2v) is 5.14. The zero-order valence-corrected chi connectivity index (χ0v) is 13.3. The Bertz CT molecular complexity index is 496. The molecule has 0 saturated heterocycles. The monoisotopic (exact) mass is 296 g/mol. The van der Waals surface area contributed by atoms with Crippen molar-refractivity contribution in [3.05, 3.63) is 11.4 Å². The van der Waals surface area contributed by atoms with Crippen LogP contribution in [0.25, 0.3) is 0 Å². The molecule has 0 aliphatic rings. The van der Waals surface area contributed by atoms with E-state index in [0.717, 1.165) is 6.42 Å². The summed E-state index contributed by atoms with van der Waals surface area (Å²) < 4.78 is 6.49. The van der Waals surface area contributed by atoms with Crippen LogP contribution in [-0.2, 0) is 16.0 Å². The van der Waals surface area contributed by atoms with Gasteiger partial charge in [-0.05, 0) is 34.1 Å². The Morgan fingerprint density at radius 3 is 2.48 bits per heavy atom. The van der Waals surface area contributed by atoms with Crippen molar-refractivity contribution in [1.29, 1.82) is 0 Å². The van der Waals surface area contributed by atoms with Gasteiger partial charge in [-0.1, -0.05) is 18.6 Å². The molecule has 0 fully saturated rings. The number of aromatic nitrogens is 3. The third-order valence-electron chi connectivity index (χ3n) is 2.92. The third-order valence-corrected chi connectivity index (χ3v) is 2.92. The first kappa shape index (κ1) is 17.1. The summed E-state index contributed by atoms with van der Waals surface area (Å²) >= 11 is 0. The maximum absolute atomic E-state index is 12.1. The summed E-state index contributed by atoms with van der Waals surface area (Å²) in [5.74, 6) is -0.647. The van der Waals surface area contributed by atoms with Crippen molar-refractivity contribution in [1.82, 2.24) is 20.3 Å². The van der Waals surface area contributed by atoms with E-state index in [4.69, 9.17) is 4.74 Å². The summed E-state index contributed by atoms with van der Waals surface area (Å²) in [5.41, 5.74) is 0.838. The van der Waals surface area contributed by atoms with E-state index in [1.54, 1.807) is 13.8 Å². The van der Waals surface area contributed by atoms with Gasteiger partial charge in [-0.25, -0.2) is 9.48 Å². The normalized spacial score (nSPS) is 12.3. The van der Waals surface area contributed by atoms with Gasteiger partial charge >= 0.3 is 5.97 Å². The molecule has 1 unspecified atom stereocenters. The molecule has 0 bridgehead atoms. The smallest absolute Gasteiger partial charge is 0.360 e. The maximum Gasteiger partial charge on any atom is 0.360 e. The van der Waals surface area contributed by atoms with Gasteiger partial charge in [-0.2, -0.15) is 0 Å². The lowest BCUT2D eigenvalue weighted by molar-refractivity contribution is -0.124. The molecular weight excluding hydrogens is 272 g/mol. The highest BCUT2D eigenvalue weighted by molar-refractivity contribution is 5.88. The lowest BCUT2D eigenvalue weighted by Crippen LogP contribution is -2.36. The lowest BCUT2D eigenvalue weighted by Gasteiger charge is -2.16.